The zero-order valence-corrected chi connectivity index (χ0v) is 15.7. The van der Waals surface area contributed by atoms with Gasteiger partial charge in [0.15, 0.2) is 5.43 Å². The number of benzene rings is 2. The van der Waals surface area contributed by atoms with E-state index in [1.807, 2.05) is 31.2 Å². The van der Waals surface area contributed by atoms with E-state index in [1.165, 1.54) is 6.07 Å². The van der Waals surface area contributed by atoms with Gasteiger partial charge < -0.3 is 14.5 Å². The van der Waals surface area contributed by atoms with Gasteiger partial charge in [0.1, 0.15) is 17.1 Å². The van der Waals surface area contributed by atoms with Crippen molar-refractivity contribution >= 4 is 22.6 Å². The summed E-state index contributed by atoms with van der Waals surface area (Å²) in [5, 5.41) is 3.25. The van der Waals surface area contributed by atoms with Crippen LogP contribution in [0.1, 0.15) is 17.3 Å². The lowest BCUT2D eigenvalue weighted by Gasteiger charge is -2.08. The fraction of sp³-hybridized carbons (Fsp3) is 0.0870. The van der Waals surface area contributed by atoms with E-state index in [4.69, 9.17) is 9.15 Å². The van der Waals surface area contributed by atoms with Crippen LogP contribution < -0.4 is 15.5 Å². The molecule has 0 aliphatic carbocycles. The number of pyridine rings is 1. The molecule has 1 N–H and O–H groups in total. The molecule has 0 saturated heterocycles. The Kier molecular flexibility index (Phi) is 5.07. The molecule has 6 nitrogen and oxygen atoms in total. The minimum absolute atomic E-state index is 0.151. The molecular weight excluding hydrogens is 368 g/mol. The predicted molar refractivity (Wildman–Crippen MR) is 111 cm³/mol. The second-order valence-corrected chi connectivity index (χ2v) is 6.33. The number of hydrogen-bond acceptors (Lipinski definition) is 5. The number of nitrogens with zero attached hydrogens (tertiary/aromatic N) is 1. The molecule has 0 fully saturated rings. The average molecular weight is 386 g/mol. The molecular formula is C23H18N2O4. The Hall–Kier alpha value is -3.93. The lowest BCUT2D eigenvalue weighted by atomic mass is 10.1. The molecule has 29 heavy (non-hydrogen) atoms. The molecule has 0 aliphatic heterocycles. The highest BCUT2D eigenvalue weighted by Crippen LogP contribution is 2.26. The molecule has 4 aromatic rings. The van der Waals surface area contributed by atoms with Crippen LogP contribution >= 0.6 is 0 Å². The van der Waals surface area contributed by atoms with Crippen molar-refractivity contribution in [3.63, 3.8) is 0 Å². The Morgan fingerprint density at radius 2 is 1.79 bits per heavy atom. The fourth-order valence-corrected chi connectivity index (χ4v) is 2.96. The average Bonchev–Trinajstić information content (AvgIpc) is 2.75. The van der Waals surface area contributed by atoms with Crippen LogP contribution in [0, 0.1) is 0 Å². The van der Waals surface area contributed by atoms with Crippen LogP contribution in [0.5, 0.6) is 5.75 Å². The maximum Gasteiger partial charge on any atom is 0.255 e. The highest BCUT2D eigenvalue weighted by molar-refractivity contribution is 6.04. The number of hydrogen-bond donors (Lipinski definition) is 1. The highest BCUT2D eigenvalue weighted by atomic mass is 16.5. The Labute approximate surface area is 166 Å². The lowest BCUT2D eigenvalue weighted by molar-refractivity contribution is 0.102. The summed E-state index contributed by atoms with van der Waals surface area (Å²) in [6.07, 6.45) is 3.11. The Balaban J connectivity index is 1.67. The maximum absolute atomic E-state index is 12.5. The third kappa shape index (κ3) is 4.01. The zero-order valence-electron chi connectivity index (χ0n) is 15.7. The van der Waals surface area contributed by atoms with Crippen LogP contribution in [-0.4, -0.2) is 17.5 Å². The van der Waals surface area contributed by atoms with E-state index in [9.17, 15) is 9.59 Å². The van der Waals surface area contributed by atoms with Crippen LogP contribution in [0.25, 0.3) is 22.3 Å². The van der Waals surface area contributed by atoms with Gasteiger partial charge in [0.05, 0.1) is 12.0 Å². The standard InChI is InChI=1S/C23H18N2O4/c1-2-28-18-6-3-15(4-7-18)21-14-20(26)19-8-5-17(13-22(19)29-21)25-23(27)16-9-11-24-12-10-16/h3-14H,2H2,1H3,(H,25,27). The van der Waals surface area contributed by atoms with Gasteiger partial charge in [-0.3, -0.25) is 14.6 Å². The number of fused-ring (bicyclic) bond motifs is 1. The second kappa shape index (κ2) is 7.98. The zero-order chi connectivity index (χ0) is 20.2. The topological polar surface area (TPSA) is 81.4 Å². The Bertz CT molecular complexity index is 1220. The number of carbonyl (C=O) groups excluding carboxylic acids is 1. The SMILES string of the molecule is CCOc1ccc(-c2cc(=O)c3ccc(NC(=O)c4ccncc4)cc3o2)cc1. The van der Waals surface area contributed by atoms with Gasteiger partial charge in [-0.25, -0.2) is 0 Å². The van der Waals surface area contributed by atoms with E-state index in [-0.39, 0.29) is 11.3 Å². The number of carbonyl (C=O) groups is 1. The van der Waals surface area contributed by atoms with Crippen molar-refractivity contribution in [2.24, 2.45) is 0 Å². The van der Waals surface area contributed by atoms with E-state index in [2.05, 4.69) is 10.3 Å². The van der Waals surface area contributed by atoms with E-state index in [1.54, 1.807) is 42.7 Å². The molecule has 4 rings (SSSR count). The van der Waals surface area contributed by atoms with Gasteiger partial charge in [0.2, 0.25) is 0 Å². The molecule has 6 heteroatoms. The van der Waals surface area contributed by atoms with Gasteiger partial charge in [-0.05, 0) is 55.5 Å². The van der Waals surface area contributed by atoms with Gasteiger partial charge in [-0.1, -0.05) is 0 Å². The summed E-state index contributed by atoms with van der Waals surface area (Å²) in [6.45, 7) is 2.50. The maximum atomic E-state index is 12.5. The van der Waals surface area contributed by atoms with Crippen molar-refractivity contribution in [2.45, 2.75) is 6.92 Å². The number of ether oxygens (including phenoxy) is 1. The second-order valence-electron chi connectivity index (χ2n) is 6.33. The molecule has 2 aromatic heterocycles. The molecule has 0 unspecified atom stereocenters. The van der Waals surface area contributed by atoms with E-state index in [0.29, 0.717) is 34.6 Å². The van der Waals surface area contributed by atoms with Gasteiger partial charge >= 0.3 is 0 Å². The number of anilines is 1. The number of aromatic nitrogens is 1. The molecule has 0 radical (unpaired) electrons. The summed E-state index contributed by atoms with van der Waals surface area (Å²) < 4.78 is 11.4. The molecule has 2 aromatic carbocycles. The van der Waals surface area contributed by atoms with Crippen molar-refractivity contribution in [1.29, 1.82) is 0 Å². The molecule has 144 valence electrons. The largest absolute Gasteiger partial charge is 0.494 e. The van der Waals surface area contributed by atoms with Gasteiger partial charge in [0, 0.05) is 41.3 Å². The van der Waals surface area contributed by atoms with Crippen molar-refractivity contribution in [3.05, 3.63) is 88.8 Å². The molecule has 1 amide bonds. The van der Waals surface area contributed by atoms with Crippen LogP contribution in [0.4, 0.5) is 5.69 Å². The van der Waals surface area contributed by atoms with Crippen LogP contribution in [0.2, 0.25) is 0 Å². The predicted octanol–water partition coefficient (Wildman–Crippen LogP) is 4.51. The number of nitrogens with one attached hydrogen (secondary N) is 1. The number of amides is 1. The molecule has 0 atom stereocenters. The lowest BCUT2D eigenvalue weighted by Crippen LogP contribution is -2.12. The third-order valence-corrected chi connectivity index (χ3v) is 4.38. The number of rotatable bonds is 5. The summed E-state index contributed by atoms with van der Waals surface area (Å²) in [5.41, 5.74) is 2.03. The summed E-state index contributed by atoms with van der Waals surface area (Å²) in [5.74, 6) is 0.931. The van der Waals surface area contributed by atoms with E-state index < -0.39 is 0 Å². The van der Waals surface area contributed by atoms with E-state index >= 15 is 0 Å². The monoisotopic (exact) mass is 386 g/mol. The van der Waals surface area contributed by atoms with Crippen LogP contribution in [0.15, 0.2) is 82.3 Å². The highest BCUT2D eigenvalue weighted by Gasteiger charge is 2.10. The Morgan fingerprint density at radius 3 is 2.52 bits per heavy atom. The first kappa shape index (κ1) is 18.4. The first-order valence-electron chi connectivity index (χ1n) is 9.16. The molecule has 0 spiro atoms. The molecule has 0 bridgehead atoms. The molecule has 0 saturated carbocycles. The fourth-order valence-electron chi connectivity index (χ4n) is 2.96. The summed E-state index contributed by atoms with van der Waals surface area (Å²) >= 11 is 0. The van der Waals surface area contributed by atoms with Crippen molar-refractivity contribution in [2.75, 3.05) is 11.9 Å². The van der Waals surface area contributed by atoms with Gasteiger partial charge in [-0.15, -0.1) is 0 Å². The van der Waals surface area contributed by atoms with Gasteiger partial charge in [0.25, 0.3) is 5.91 Å². The van der Waals surface area contributed by atoms with Crippen molar-refractivity contribution < 1.29 is 13.9 Å². The third-order valence-electron chi connectivity index (χ3n) is 4.38. The van der Waals surface area contributed by atoms with Crippen molar-refractivity contribution in [3.8, 4) is 17.1 Å². The minimum Gasteiger partial charge on any atom is -0.494 e. The molecule has 2 heterocycles. The summed E-state index contributed by atoms with van der Waals surface area (Å²) in [4.78, 5) is 28.8. The summed E-state index contributed by atoms with van der Waals surface area (Å²) in [7, 11) is 0. The minimum atomic E-state index is -0.267. The van der Waals surface area contributed by atoms with Crippen molar-refractivity contribution in [1.82, 2.24) is 4.98 Å². The normalized spacial score (nSPS) is 10.7. The van der Waals surface area contributed by atoms with Crippen LogP contribution in [0.3, 0.4) is 0 Å². The smallest absolute Gasteiger partial charge is 0.255 e. The van der Waals surface area contributed by atoms with Gasteiger partial charge in [-0.2, -0.15) is 0 Å². The van der Waals surface area contributed by atoms with Crippen LogP contribution in [-0.2, 0) is 0 Å². The van der Waals surface area contributed by atoms with E-state index in [0.717, 1.165) is 11.3 Å². The quantitative estimate of drug-likeness (QED) is 0.546. The first-order valence-corrected chi connectivity index (χ1v) is 9.16. The first-order chi connectivity index (χ1) is 14.1. The Morgan fingerprint density at radius 1 is 1.03 bits per heavy atom. The summed E-state index contributed by atoms with van der Waals surface area (Å²) in [6, 6.07) is 17.0. The molecule has 0 aliphatic rings.